The van der Waals surface area contributed by atoms with E-state index in [0.29, 0.717) is 74.0 Å². The Bertz CT molecular complexity index is 1860. The summed E-state index contributed by atoms with van der Waals surface area (Å²) in [4.78, 5) is 52.3. The van der Waals surface area contributed by atoms with E-state index >= 15 is 0 Å². The maximum atomic E-state index is 14.0. The van der Waals surface area contributed by atoms with E-state index < -0.39 is 5.41 Å². The molecule has 1 N–H and O–H groups in total. The Labute approximate surface area is 289 Å². The summed E-state index contributed by atoms with van der Waals surface area (Å²) in [6.07, 6.45) is 8.37. The molecule has 1 spiro atoms. The van der Waals surface area contributed by atoms with Gasteiger partial charge in [0.2, 0.25) is 17.7 Å². The van der Waals surface area contributed by atoms with Gasteiger partial charge in [0.25, 0.3) is 0 Å². The third-order valence-corrected chi connectivity index (χ3v) is 11.0. The van der Waals surface area contributed by atoms with E-state index in [1.807, 2.05) is 57.1 Å². The molecule has 4 aromatic rings. The predicted octanol–water partition coefficient (Wildman–Crippen LogP) is 4.08. The zero-order chi connectivity index (χ0) is 34.3. The number of nitrogens with one attached hydrogen (secondary N) is 1. The number of thiazole rings is 1. The Hall–Kier alpha value is -4.56. The monoisotopic (exact) mass is 682 g/mol. The molecule has 3 fully saturated rings. The summed E-state index contributed by atoms with van der Waals surface area (Å²) in [5.41, 5.74) is 1.73. The number of ether oxygens (including phenoxy) is 1. The molecule has 7 rings (SSSR count). The number of aromatic nitrogens is 6. The molecule has 7 heterocycles. The molecule has 4 aromatic heterocycles. The van der Waals surface area contributed by atoms with Gasteiger partial charge in [-0.2, -0.15) is 5.10 Å². The molecule has 0 unspecified atom stereocenters. The van der Waals surface area contributed by atoms with Gasteiger partial charge in [0.1, 0.15) is 12.1 Å². The third-order valence-electron chi connectivity index (χ3n) is 9.82. The van der Waals surface area contributed by atoms with E-state index in [1.165, 1.54) is 0 Å². The summed E-state index contributed by atoms with van der Waals surface area (Å²) in [6, 6.07) is 7.35. The number of carbonyl (C=O) groups excluding carboxylic acids is 2. The van der Waals surface area contributed by atoms with E-state index in [0.717, 1.165) is 41.1 Å². The molecule has 2 amide bonds. The number of pyridine rings is 2. The first-order chi connectivity index (χ1) is 23.6. The Morgan fingerprint density at radius 3 is 2.57 bits per heavy atom. The molecule has 1 atom stereocenters. The molecular formula is C35H42N10O3S. The lowest BCUT2D eigenvalue weighted by Gasteiger charge is -2.32. The van der Waals surface area contributed by atoms with Crippen LogP contribution in [-0.4, -0.2) is 102 Å². The van der Waals surface area contributed by atoms with Gasteiger partial charge in [-0.25, -0.2) is 19.9 Å². The standard InChI is InChI=1S/C35H42N10O3S/c1-22(2)48-28-8-6-25(17-37-28)30(36)31-23(3)5-7-27(40-31)45-16-12-35(34(45)47)11-15-43(20-35)19-29(46)44-13-9-24(10-14-44)33-38-18-26(49-33)32-39-21-42(4)41-32/h5-8,17-18,21-22,24,36H,9-16,19-20H2,1-4H3/t35-/m0/s1. The first kappa shape index (κ1) is 33.0. The Kier molecular flexibility index (Phi) is 9.01. The van der Waals surface area contributed by atoms with E-state index in [9.17, 15) is 9.59 Å². The van der Waals surface area contributed by atoms with Crippen molar-refractivity contribution in [2.24, 2.45) is 12.5 Å². The SMILES string of the molecule is Cc1ccc(N2CC[C@]3(CCN(CC(=O)N4CCC(c5ncc(-c6ncn(C)n6)s5)CC4)C3)C2=O)nc1C(=N)c1ccc(OC(C)C)nc1. The van der Waals surface area contributed by atoms with Crippen LogP contribution in [0.3, 0.4) is 0 Å². The van der Waals surface area contributed by atoms with Gasteiger partial charge in [-0.3, -0.25) is 29.5 Å². The molecule has 49 heavy (non-hydrogen) atoms. The van der Waals surface area contributed by atoms with Crippen molar-refractivity contribution in [1.82, 2.24) is 39.5 Å². The van der Waals surface area contributed by atoms with Crippen LogP contribution < -0.4 is 9.64 Å². The van der Waals surface area contributed by atoms with E-state index in [-0.39, 0.29) is 23.6 Å². The lowest BCUT2D eigenvalue weighted by molar-refractivity contribution is -0.134. The minimum Gasteiger partial charge on any atom is -0.475 e. The molecule has 0 bridgehead atoms. The molecule has 256 valence electrons. The molecule has 13 nitrogen and oxygen atoms in total. The fourth-order valence-corrected chi connectivity index (χ4v) is 8.13. The molecule has 0 aromatic carbocycles. The Morgan fingerprint density at radius 1 is 1.06 bits per heavy atom. The van der Waals surface area contributed by atoms with Crippen LogP contribution in [0.4, 0.5) is 5.82 Å². The molecule has 0 saturated carbocycles. The highest BCUT2D eigenvalue weighted by Crippen LogP contribution is 2.42. The van der Waals surface area contributed by atoms with Gasteiger partial charge in [0.15, 0.2) is 5.82 Å². The topological polar surface area (TPSA) is 146 Å². The predicted molar refractivity (Wildman–Crippen MR) is 186 cm³/mol. The van der Waals surface area contributed by atoms with Crippen molar-refractivity contribution >= 4 is 34.7 Å². The lowest BCUT2D eigenvalue weighted by Crippen LogP contribution is -2.44. The van der Waals surface area contributed by atoms with Crippen LogP contribution in [0.5, 0.6) is 5.88 Å². The summed E-state index contributed by atoms with van der Waals surface area (Å²) in [6.45, 7) is 9.38. The maximum Gasteiger partial charge on any atom is 0.236 e. The normalized spacial score (nSPS) is 20.2. The number of piperidine rings is 1. The largest absolute Gasteiger partial charge is 0.475 e. The molecule has 3 aliphatic rings. The van der Waals surface area contributed by atoms with Crippen LogP contribution in [-0.2, 0) is 16.6 Å². The number of rotatable bonds is 9. The second kappa shape index (κ2) is 13.4. The van der Waals surface area contributed by atoms with Crippen LogP contribution in [0.15, 0.2) is 43.0 Å². The second-order valence-corrected chi connectivity index (χ2v) is 14.7. The Morgan fingerprint density at radius 2 is 1.86 bits per heavy atom. The average Bonchev–Trinajstić information content (AvgIpc) is 3.90. The van der Waals surface area contributed by atoms with Crippen molar-refractivity contribution < 1.29 is 14.3 Å². The molecule has 0 aliphatic carbocycles. The van der Waals surface area contributed by atoms with Crippen LogP contribution in [0.1, 0.15) is 67.3 Å². The van der Waals surface area contributed by atoms with Gasteiger partial charge < -0.3 is 9.64 Å². The van der Waals surface area contributed by atoms with Crippen LogP contribution in [0.25, 0.3) is 10.7 Å². The van der Waals surface area contributed by atoms with Gasteiger partial charge in [0.05, 0.1) is 39.4 Å². The minimum absolute atomic E-state index is 0.0105. The van der Waals surface area contributed by atoms with Crippen molar-refractivity contribution in [3.63, 3.8) is 0 Å². The van der Waals surface area contributed by atoms with Gasteiger partial charge in [-0.15, -0.1) is 11.3 Å². The quantitative estimate of drug-likeness (QED) is 0.258. The minimum atomic E-state index is -0.519. The average molecular weight is 683 g/mol. The van der Waals surface area contributed by atoms with E-state index in [2.05, 4.69) is 25.0 Å². The maximum absolute atomic E-state index is 14.0. The summed E-state index contributed by atoms with van der Waals surface area (Å²) in [7, 11) is 1.85. The number of hydrogen-bond acceptors (Lipinski definition) is 11. The first-order valence-corrected chi connectivity index (χ1v) is 17.7. The van der Waals surface area contributed by atoms with Crippen LogP contribution >= 0.6 is 11.3 Å². The van der Waals surface area contributed by atoms with Gasteiger partial charge >= 0.3 is 0 Å². The molecular weight excluding hydrogens is 641 g/mol. The van der Waals surface area contributed by atoms with Gasteiger partial charge in [0, 0.05) is 63.2 Å². The number of anilines is 1. The zero-order valence-electron chi connectivity index (χ0n) is 28.4. The van der Waals surface area contributed by atoms with Gasteiger partial charge in [-0.1, -0.05) is 6.07 Å². The summed E-state index contributed by atoms with van der Waals surface area (Å²) in [5, 5.41) is 14.3. The smallest absolute Gasteiger partial charge is 0.236 e. The summed E-state index contributed by atoms with van der Waals surface area (Å²) >= 11 is 1.64. The van der Waals surface area contributed by atoms with Crippen LogP contribution in [0.2, 0.25) is 0 Å². The molecule has 0 radical (unpaired) electrons. The molecule has 3 saturated heterocycles. The van der Waals surface area contributed by atoms with Crippen molar-refractivity contribution in [1.29, 1.82) is 5.41 Å². The molecule has 3 aliphatic heterocycles. The summed E-state index contributed by atoms with van der Waals surface area (Å²) < 4.78 is 7.33. The highest BCUT2D eigenvalue weighted by Gasteiger charge is 2.51. The third kappa shape index (κ3) is 6.71. The Balaban J connectivity index is 0.939. The van der Waals surface area contributed by atoms with E-state index in [1.54, 1.807) is 39.5 Å². The van der Waals surface area contributed by atoms with E-state index in [4.69, 9.17) is 15.1 Å². The van der Waals surface area contributed by atoms with Crippen molar-refractivity contribution in [2.75, 3.05) is 44.2 Å². The van der Waals surface area contributed by atoms with Crippen LogP contribution in [0, 0.1) is 17.7 Å². The fraction of sp³-hybridized carbons (Fsp3) is 0.486. The van der Waals surface area contributed by atoms with Crippen molar-refractivity contribution in [2.45, 2.75) is 58.5 Å². The molecule has 14 heteroatoms. The first-order valence-electron chi connectivity index (χ1n) is 16.9. The number of hydrogen-bond donors (Lipinski definition) is 1. The van der Waals surface area contributed by atoms with Crippen molar-refractivity contribution in [3.8, 4) is 16.6 Å². The lowest BCUT2D eigenvalue weighted by atomic mass is 9.85. The number of aryl methyl sites for hydroxylation is 2. The number of carbonyl (C=O) groups is 2. The number of nitrogens with zero attached hydrogens (tertiary/aromatic N) is 9. The van der Waals surface area contributed by atoms with Gasteiger partial charge in [-0.05, 0) is 70.7 Å². The number of likely N-dealkylation sites (tertiary alicyclic amines) is 2. The van der Waals surface area contributed by atoms with Crippen molar-refractivity contribution in [3.05, 3.63) is 64.8 Å². The highest BCUT2D eigenvalue weighted by atomic mass is 32.1. The highest BCUT2D eigenvalue weighted by molar-refractivity contribution is 7.15. The second-order valence-electron chi connectivity index (χ2n) is 13.7. The fourth-order valence-electron chi connectivity index (χ4n) is 7.11. The summed E-state index contributed by atoms with van der Waals surface area (Å²) in [5.74, 6) is 2.26. The number of amides is 2. The zero-order valence-corrected chi connectivity index (χ0v) is 29.2.